The van der Waals surface area contributed by atoms with Crippen molar-refractivity contribution in [3.63, 3.8) is 0 Å². The van der Waals surface area contributed by atoms with Gasteiger partial charge in [-0.05, 0) is 23.8 Å². The van der Waals surface area contributed by atoms with Crippen molar-refractivity contribution in [3.05, 3.63) is 41.5 Å². The smallest absolute Gasteiger partial charge is 0.257 e. The van der Waals surface area contributed by atoms with E-state index in [4.69, 9.17) is 9.47 Å². The summed E-state index contributed by atoms with van der Waals surface area (Å²) in [7, 11) is 0. The quantitative estimate of drug-likeness (QED) is 0.898. The molecule has 2 heterocycles. The summed E-state index contributed by atoms with van der Waals surface area (Å²) in [5.74, 6) is -0.0255. The van der Waals surface area contributed by atoms with Gasteiger partial charge < -0.3 is 19.5 Å². The van der Waals surface area contributed by atoms with Crippen LogP contribution >= 0.6 is 0 Å². The molecule has 6 heteroatoms. The van der Waals surface area contributed by atoms with Gasteiger partial charge in [0.1, 0.15) is 5.75 Å². The number of hydrogen-bond donors (Lipinski definition) is 1. The fraction of sp³-hybridized carbons (Fsp3) is 0.476. The molecule has 0 aliphatic carbocycles. The van der Waals surface area contributed by atoms with E-state index in [9.17, 15) is 9.90 Å². The lowest BCUT2D eigenvalue weighted by Gasteiger charge is -2.32. The lowest BCUT2D eigenvalue weighted by Crippen LogP contribution is -2.41. The van der Waals surface area contributed by atoms with Gasteiger partial charge in [0.25, 0.3) is 5.91 Å². The first-order valence-electron chi connectivity index (χ1n) is 9.58. The molecule has 0 aromatic heterocycles. The topological polar surface area (TPSA) is 62.2 Å². The first kappa shape index (κ1) is 18.2. The predicted molar refractivity (Wildman–Crippen MR) is 103 cm³/mol. The maximum absolute atomic E-state index is 13.0. The second-order valence-electron chi connectivity index (χ2n) is 7.29. The molecule has 1 amide bonds. The fourth-order valence-electron chi connectivity index (χ4n) is 3.93. The molecule has 2 saturated heterocycles. The highest BCUT2D eigenvalue weighted by molar-refractivity contribution is 6.03. The zero-order valence-corrected chi connectivity index (χ0v) is 15.7. The van der Waals surface area contributed by atoms with Crippen molar-refractivity contribution in [2.75, 3.05) is 46.0 Å². The van der Waals surface area contributed by atoms with E-state index < -0.39 is 0 Å². The van der Waals surface area contributed by atoms with Crippen LogP contribution < -0.4 is 0 Å². The second-order valence-corrected chi connectivity index (χ2v) is 7.29. The van der Waals surface area contributed by atoms with Crippen molar-refractivity contribution in [2.45, 2.75) is 19.6 Å². The van der Waals surface area contributed by atoms with Crippen LogP contribution in [0.25, 0.3) is 10.8 Å². The summed E-state index contributed by atoms with van der Waals surface area (Å²) in [5.41, 5.74) is 1.20. The maximum Gasteiger partial charge on any atom is 0.257 e. The van der Waals surface area contributed by atoms with Crippen LogP contribution in [0.15, 0.2) is 30.3 Å². The number of ether oxygens (including phenoxy) is 2. The monoisotopic (exact) mass is 370 g/mol. The lowest BCUT2D eigenvalue weighted by atomic mass is 9.97. The Morgan fingerprint density at radius 3 is 2.74 bits per heavy atom. The van der Waals surface area contributed by atoms with Crippen molar-refractivity contribution < 1.29 is 19.4 Å². The number of benzene rings is 2. The van der Waals surface area contributed by atoms with Crippen LogP contribution in [0.4, 0.5) is 0 Å². The number of phenols is 1. The molecule has 1 atom stereocenters. The van der Waals surface area contributed by atoms with Crippen molar-refractivity contribution in [3.8, 4) is 5.75 Å². The Bertz CT molecular complexity index is 832. The van der Waals surface area contributed by atoms with Crippen LogP contribution in [0.1, 0.15) is 22.8 Å². The van der Waals surface area contributed by atoms with Crippen LogP contribution in [0.3, 0.4) is 0 Å². The van der Waals surface area contributed by atoms with Gasteiger partial charge in [0.2, 0.25) is 0 Å². The normalized spacial score (nSPS) is 21.5. The second kappa shape index (κ2) is 7.84. The highest BCUT2D eigenvalue weighted by Crippen LogP contribution is 2.33. The van der Waals surface area contributed by atoms with Gasteiger partial charge in [-0.2, -0.15) is 0 Å². The molecule has 0 saturated carbocycles. The third-order valence-electron chi connectivity index (χ3n) is 5.36. The molecule has 2 aliphatic rings. The average Bonchev–Trinajstić information content (AvgIpc) is 2.70. The number of phenolic OH excluding ortho intramolecular Hbond substituents is 1. The number of nitrogens with zero attached hydrogens (tertiary/aromatic N) is 2. The van der Waals surface area contributed by atoms with Gasteiger partial charge >= 0.3 is 0 Å². The SMILES string of the molecule is C[C@@H]1CN(Cc2c(O)c(C(=O)N3CCOCC3)cc3ccccc23)CCO1. The van der Waals surface area contributed by atoms with E-state index in [1.165, 1.54) is 0 Å². The van der Waals surface area contributed by atoms with Gasteiger partial charge in [-0.1, -0.05) is 24.3 Å². The molecule has 144 valence electrons. The largest absolute Gasteiger partial charge is 0.507 e. The standard InChI is InChI=1S/C21H26N2O4/c1-15-13-22(6-11-27-15)14-19-17-5-3-2-4-16(17)12-18(20(19)24)21(25)23-7-9-26-10-8-23/h2-5,12,15,24H,6-11,13-14H2,1H3/t15-/m1/s1. The Hall–Kier alpha value is -2.15. The third kappa shape index (κ3) is 3.78. The number of carbonyl (C=O) groups is 1. The molecule has 0 unspecified atom stereocenters. The Morgan fingerprint density at radius 1 is 1.19 bits per heavy atom. The Kier molecular flexibility index (Phi) is 5.29. The lowest BCUT2D eigenvalue weighted by molar-refractivity contribution is -0.0212. The van der Waals surface area contributed by atoms with Gasteiger partial charge in [0.15, 0.2) is 0 Å². The number of morpholine rings is 2. The molecule has 6 nitrogen and oxygen atoms in total. The van der Waals surface area contributed by atoms with Crippen LogP contribution in [0, 0.1) is 0 Å². The summed E-state index contributed by atoms with van der Waals surface area (Å²) in [4.78, 5) is 17.1. The Balaban J connectivity index is 1.72. The van der Waals surface area contributed by atoms with E-state index in [2.05, 4.69) is 11.8 Å². The third-order valence-corrected chi connectivity index (χ3v) is 5.36. The van der Waals surface area contributed by atoms with Gasteiger partial charge in [0, 0.05) is 38.3 Å². The van der Waals surface area contributed by atoms with E-state index in [0.29, 0.717) is 45.0 Å². The highest BCUT2D eigenvalue weighted by Gasteiger charge is 2.26. The van der Waals surface area contributed by atoms with Crippen molar-refractivity contribution >= 4 is 16.7 Å². The fourth-order valence-corrected chi connectivity index (χ4v) is 3.93. The zero-order valence-electron chi connectivity index (χ0n) is 15.7. The van der Waals surface area contributed by atoms with Gasteiger partial charge in [-0.15, -0.1) is 0 Å². The minimum absolute atomic E-state index is 0.101. The Morgan fingerprint density at radius 2 is 1.96 bits per heavy atom. The predicted octanol–water partition coefficient (Wildman–Crippen LogP) is 2.24. The highest BCUT2D eigenvalue weighted by atomic mass is 16.5. The number of hydrogen-bond acceptors (Lipinski definition) is 5. The van der Waals surface area contributed by atoms with Crippen LogP contribution in [0.5, 0.6) is 5.75 Å². The van der Waals surface area contributed by atoms with Crippen molar-refractivity contribution in [1.82, 2.24) is 9.80 Å². The molecule has 27 heavy (non-hydrogen) atoms. The van der Waals surface area contributed by atoms with Crippen LogP contribution in [-0.2, 0) is 16.0 Å². The van der Waals surface area contributed by atoms with Crippen molar-refractivity contribution in [1.29, 1.82) is 0 Å². The summed E-state index contributed by atoms with van der Waals surface area (Å²) in [5, 5.41) is 13.0. The minimum Gasteiger partial charge on any atom is -0.507 e. The number of aromatic hydroxyl groups is 1. The molecule has 2 aliphatic heterocycles. The average molecular weight is 370 g/mol. The number of rotatable bonds is 3. The van der Waals surface area contributed by atoms with Crippen molar-refractivity contribution in [2.24, 2.45) is 0 Å². The molecule has 2 fully saturated rings. The maximum atomic E-state index is 13.0. The molecular formula is C21H26N2O4. The van der Waals surface area contributed by atoms with Gasteiger partial charge in [0.05, 0.1) is 31.5 Å². The van der Waals surface area contributed by atoms with E-state index in [-0.39, 0.29) is 17.8 Å². The number of amides is 1. The molecule has 2 aromatic carbocycles. The molecule has 4 rings (SSSR count). The molecule has 2 aromatic rings. The van der Waals surface area contributed by atoms with E-state index in [1.54, 1.807) is 4.90 Å². The molecule has 0 bridgehead atoms. The van der Waals surface area contributed by atoms with Gasteiger partial charge in [-0.3, -0.25) is 9.69 Å². The van der Waals surface area contributed by atoms with E-state index >= 15 is 0 Å². The molecule has 0 radical (unpaired) electrons. The summed E-state index contributed by atoms with van der Waals surface area (Å²) < 4.78 is 11.0. The molecule has 0 spiro atoms. The molecule has 1 N–H and O–H groups in total. The minimum atomic E-state index is -0.127. The van der Waals surface area contributed by atoms with Crippen LogP contribution in [-0.4, -0.2) is 72.9 Å². The molecular weight excluding hydrogens is 344 g/mol. The van der Waals surface area contributed by atoms with Crippen LogP contribution in [0.2, 0.25) is 0 Å². The van der Waals surface area contributed by atoms with E-state index in [1.807, 2.05) is 30.3 Å². The summed E-state index contributed by atoms with van der Waals surface area (Å²) >= 11 is 0. The summed E-state index contributed by atoms with van der Waals surface area (Å²) in [6.45, 7) is 7.17. The number of fused-ring (bicyclic) bond motifs is 1. The summed E-state index contributed by atoms with van der Waals surface area (Å²) in [6, 6.07) is 9.75. The van der Waals surface area contributed by atoms with Gasteiger partial charge in [-0.25, -0.2) is 0 Å². The van der Waals surface area contributed by atoms with E-state index in [0.717, 1.165) is 29.4 Å². The summed E-state index contributed by atoms with van der Waals surface area (Å²) in [6.07, 6.45) is 0.172. The Labute approximate surface area is 159 Å². The zero-order chi connectivity index (χ0) is 18.8. The first-order valence-corrected chi connectivity index (χ1v) is 9.58. The number of carbonyl (C=O) groups excluding carboxylic acids is 1. The first-order chi connectivity index (χ1) is 13.1.